The Morgan fingerprint density at radius 2 is 1.35 bits per heavy atom. The molecule has 3 rings (SSSR count). The Bertz CT molecular complexity index is 1190. The van der Waals surface area contributed by atoms with Crippen molar-refractivity contribution in [1.82, 2.24) is 0 Å². The van der Waals surface area contributed by atoms with Crippen molar-refractivity contribution in [3.8, 4) is 28.7 Å². The number of phenols is 1. The summed E-state index contributed by atoms with van der Waals surface area (Å²) in [4.78, 5) is 12.4. The third kappa shape index (κ3) is 6.10. The van der Waals surface area contributed by atoms with Crippen LogP contribution in [0, 0.1) is 0 Å². The lowest BCUT2D eigenvalue weighted by Gasteiger charge is -2.12. The molecule has 0 saturated carbocycles. The Balaban J connectivity index is 1.71. The number of hydrogen-bond donors (Lipinski definition) is 2. The van der Waals surface area contributed by atoms with E-state index >= 15 is 0 Å². The van der Waals surface area contributed by atoms with Gasteiger partial charge in [-0.25, -0.2) is 0 Å². The molecule has 0 saturated heterocycles. The summed E-state index contributed by atoms with van der Waals surface area (Å²) in [7, 11) is 6.18. The van der Waals surface area contributed by atoms with E-state index in [9.17, 15) is 9.90 Å². The first-order valence-corrected chi connectivity index (χ1v) is 10.4. The molecule has 2 N–H and O–H groups in total. The second-order valence-electron chi connectivity index (χ2n) is 7.17. The number of nitrogens with one attached hydrogen (secondary N) is 1. The van der Waals surface area contributed by atoms with Gasteiger partial charge in [0, 0.05) is 11.8 Å². The summed E-state index contributed by atoms with van der Waals surface area (Å²) in [5, 5.41) is 12.5. The zero-order chi connectivity index (χ0) is 24.5. The van der Waals surface area contributed by atoms with E-state index in [2.05, 4.69) is 5.32 Å². The monoisotopic (exact) mass is 461 g/mol. The fraction of sp³-hybridized carbons (Fsp3) is 0.148. The van der Waals surface area contributed by atoms with Gasteiger partial charge in [-0.3, -0.25) is 4.79 Å². The number of phenolic OH excluding ortho intramolecular Hbond substituents is 1. The van der Waals surface area contributed by atoms with Crippen LogP contribution in [0.2, 0.25) is 0 Å². The van der Waals surface area contributed by atoms with Gasteiger partial charge in [0.15, 0.2) is 23.0 Å². The Hall–Kier alpha value is -4.39. The molecule has 7 heteroatoms. The van der Waals surface area contributed by atoms with Crippen molar-refractivity contribution in [2.24, 2.45) is 0 Å². The van der Waals surface area contributed by atoms with Crippen LogP contribution in [0.15, 0.2) is 60.7 Å². The predicted molar refractivity (Wildman–Crippen MR) is 134 cm³/mol. The predicted octanol–water partition coefficient (Wildman–Crippen LogP) is 5.25. The van der Waals surface area contributed by atoms with E-state index < -0.39 is 0 Å². The molecule has 3 aromatic rings. The highest BCUT2D eigenvalue weighted by molar-refractivity contribution is 6.02. The standard InChI is InChI=1S/C27H27NO6/c1-31-23-15-19(10-12-22(23)29)11-13-26(30)28-21-7-5-6-18(14-21)8-9-20-16-24(32-2)27(34-4)25(17-20)33-3/h5-17,29H,1-4H3,(H,28,30)/b9-8?,13-11+. The Labute approximate surface area is 198 Å². The molecule has 1 amide bonds. The highest BCUT2D eigenvalue weighted by atomic mass is 16.5. The van der Waals surface area contributed by atoms with E-state index in [4.69, 9.17) is 18.9 Å². The second-order valence-corrected chi connectivity index (χ2v) is 7.17. The van der Waals surface area contributed by atoms with Gasteiger partial charge in [0.25, 0.3) is 0 Å². The molecule has 34 heavy (non-hydrogen) atoms. The zero-order valence-electron chi connectivity index (χ0n) is 19.5. The zero-order valence-corrected chi connectivity index (χ0v) is 19.5. The van der Waals surface area contributed by atoms with E-state index in [1.807, 2.05) is 48.6 Å². The summed E-state index contributed by atoms with van der Waals surface area (Å²) in [5.41, 5.74) is 3.16. The maximum Gasteiger partial charge on any atom is 0.248 e. The molecule has 176 valence electrons. The summed E-state index contributed by atoms with van der Waals surface area (Å²) >= 11 is 0. The minimum Gasteiger partial charge on any atom is -0.504 e. The number of hydrogen-bond acceptors (Lipinski definition) is 6. The van der Waals surface area contributed by atoms with Gasteiger partial charge in [0.05, 0.1) is 28.4 Å². The summed E-state index contributed by atoms with van der Waals surface area (Å²) in [5.74, 6) is 1.78. The number of benzene rings is 3. The third-order valence-corrected chi connectivity index (χ3v) is 4.94. The van der Waals surface area contributed by atoms with Gasteiger partial charge in [-0.2, -0.15) is 0 Å². The average Bonchev–Trinajstić information content (AvgIpc) is 2.86. The number of carbonyl (C=O) groups excluding carboxylic acids is 1. The van der Waals surface area contributed by atoms with E-state index in [0.29, 0.717) is 28.7 Å². The first kappa shape index (κ1) is 24.3. The maximum absolute atomic E-state index is 12.4. The van der Waals surface area contributed by atoms with E-state index in [-0.39, 0.29) is 11.7 Å². The summed E-state index contributed by atoms with van der Waals surface area (Å²) in [6.45, 7) is 0. The van der Waals surface area contributed by atoms with Crippen molar-refractivity contribution in [3.63, 3.8) is 0 Å². The van der Waals surface area contributed by atoms with Gasteiger partial charge in [0.2, 0.25) is 11.7 Å². The first-order valence-electron chi connectivity index (χ1n) is 10.4. The van der Waals surface area contributed by atoms with Gasteiger partial charge in [-0.1, -0.05) is 30.4 Å². The average molecular weight is 462 g/mol. The molecule has 0 heterocycles. The molecule has 3 aromatic carbocycles. The molecule has 0 aliphatic rings. The van der Waals surface area contributed by atoms with E-state index in [1.54, 1.807) is 39.5 Å². The van der Waals surface area contributed by atoms with Crippen molar-refractivity contribution in [2.45, 2.75) is 0 Å². The number of amides is 1. The van der Waals surface area contributed by atoms with Gasteiger partial charge < -0.3 is 29.4 Å². The number of rotatable bonds is 9. The number of aromatic hydroxyl groups is 1. The summed E-state index contributed by atoms with van der Waals surface area (Å²) in [6.07, 6.45) is 6.91. The van der Waals surface area contributed by atoms with E-state index in [0.717, 1.165) is 16.7 Å². The molecular formula is C27H27NO6. The smallest absolute Gasteiger partial charge is 0.248 e. The molecule has 0 aliphatic carbocycles. The van der Waals surface area contributed by atoms with Crippen molar-refractivity contribution < 1.29 is 28.8 Å². The molecule has 0 radical (unpaired) electrons. The molecule has 0 unspecified atom stereocenters. The molecule has 7 nitrogen and oxygen atoms in total. The van der Waals surface area contributed by atoms with Crippen LogP contribution in [0.1, 0.15) is 16.7 Å². The molecular weight excluding hydrogens is 434 g/mol. The number of methoxy groups -OCH3 is 4. The van der Waals surface area contributed by atoms with Gasteiger partial charge in [-0.05, 0) is 59.2 Å². The van der Waals surface area contributed by atoms with Crippen LogP contribution in [-0.4, -0.2) is 39.5 Å². The Kier molecular flexibility index (Phi) is 8.18. The maximum atomic E-state index is 12.4. The fourth-order valence-corrected chi connectivity index (χ4v) is 3.26. The van der Waals surface area contributed by atoms with Gasteiger partial charge in [0.1, 0.15) is 0 Å². The van der Waals surface area contributed by atoms with Crippen LogP contribution in [0.3, 0.4) is 0 Å². The highest BCUT2D eigenvalue weighted by Crippen LogP contribution is 2.38. The summed E-state index contributed by atoms with van der Waals surface area (Å²) in [6, 6.07) is 16.0. The quantitative estimate of drug-likeness (QED) is 0.334. The van der Waals surface area contributed by atoms with Crippen LogP contribution in [-0.2, 0) is 4.79 Å². The topological polar surface area (TPSA) is 86.3 Å². The minimum absolute atomic E-state index is 0.0421. The molecule has 0 aromatic heterocycles. The van der Waals surface area contributed by atoms with Crippen LogP contribution in [0.25, 0.3) is 18.2 Å². The van der Waals surface area contributed by atoms with Gasteiger partial charge in [-0.15, -0.1) is 0 Å². The number of anilines is 1. The van der Waals surface area contributed by atoms with Crippen molar-refractivity contribution in [1.29, 1.82) is 0 Å². The second kappa shape index (κ2) is 11.5. The largest absolute Gasteiger partial charge is 0.504 e. The molecule has 0 spiro atoms. The molecule has 0 bridgehead atoms. The number of carbonyl (C=O) groups is 1. The van der Waals surface area contributed by atoms with Crippen molar-refractivity contribution >= 4 is 29.8 Å². The Morgan fingerprint density at radius 1 is 0.735 bits per heavy atom. The van der Waals surface area contributed by atoms with Crippen LogP contribution < -0.4 is 24.3 Å². The lowest BCUT2D eigenvalue weighted by molar-refractivity contribution is -0.111. The molecule has 0 atom stereocenters. The highest BCUT2D eigenvalue weighted by Gasteiger charge is 2.12. The van der Waals surface area contributed by atoms with E-state index in [1.165, 1.54) is 19.3 Å². The SMILES string of the molecule is COc1cc(/C=C/C(=O)Nc2cccc(C=Cc3cc(OC)c(OC)c(OC)c3)c2)ccc1O. The third-order valence-electron chi connectivity index (χ3n) is 4.94. The minimum atomic E-state index is -0.280. The van der Waals surface area contributed by atoms with Gasteiger partial charge >= 0.3 is 0 Å². The van der Waals surface area contributed by atoms with Crippen LogP contribution in [0.5, 0.6) is 28.7 Å². The lowest BCUT2D eigenvalue weighted by Crippen LogP contribution is -2.07. The van der Waals surface area contributed by atoms with Crippen LogP contribution >= 0.6 is 0 Å². The molecule has 0 aliphatic heterocycles. The number of ether oxygens (including phenoxy) is 4. The van der Waals surface area contributed by atoms with Crippen LogP contribution in [0.4, 0.5) is 5.69 Å². The normalized spacial score (nSPS) is 10.9. The fourth-order valence-electron chi connectivity index (χ4n) is 3.26. The lowest BCUT2D eigenvalue weighted by atomic mass is 10.1. The molecule has 0 fully saturated rings. The first-order chi connectivity index (χ1) is 16.5. The Morgan fingerprint density at radius 3 is 2.00 bits per heavy atom. The van der Waals surface area contributed by atoms with Crippen molar-refractivity contribution in [2.75, 3.05) is 33.8 Å². The summed E-state index contributed by atoms with van der Waals surface area (Å²) < 4.78 is 21.2. The van der Waals surface area contributed by atoms with Crippen molar-refractivity contribution in [3.05, 3.63) is 77.4 Å².